The number of aliphatic hydroxyl groups is 1. The summed E-state index contributed by atoms with van der Waals surface area (Å²) >= 11 is 0. The molecule has 0 bridgehead atoms. The number of aliphatic hydroxyl groups excluding tert-OH is 1. The number of imidazole rings is 1. The molecule has 6 heteroatoms. The smallest absolute Gasteiger partial charge is 0.139 e. The number of rotatable bonds is 2. The van der Waals surface area contributed by atoms with E-state index in [1.807, 2.05) is 12.1 Å². The van der Waals surface area contributed by atoms with Crippen molar-refractivity contribution in [3.63, 3.8) is 0 Å². The van der Waals surface area contributed by atoms with Crippen LogP contribution in [-0.4, -0.2) is 26.7 Å². The molecule has 0 spiro atoms. The fourth-order valence-corrected chi connectivity index (χ4v) is 4.25. The third-order valence-electron chi connectivity index (χ3n) is 5.78. The number of fused-ring (bicyclic) bond motifs is 5. The average Bonchev–Trinajstić information content (AvgIpc) is 3.09. The topological polar surface area (TPSA) is 73.8 Å². The van der Waals surface area contributed by atoms with E-state index in [0.717, 1.165) is 54.0 Å². The number of H-pyrrole nitrogens is 1. The van der Waals surface area contributed by atoms with Gasteiger partial charge in [0, 0.05) is 29.8 Å². The Balaban J connectivity index is 1.62. The van der Waals surface area contributed by atoms with Crippen LogP contribution in [-0.2, 0) is 0 Å². The highest BCUT2D eigenvalue weighted by atomic mass is 19.1. The number of anilines is 2. The third kappa shape index (κ3) is 2.80. The molecule has 0 atom stereocenters. The highest BCUT2D eigenvalue weighted by molar-refractivity contribution is 5.94. The first-order valence-electron chi connectivity index (χ1n) is 9.46. The zero-order valence-electron chi connectivity index (χ0n) is 14.9. The number of pyridine rings is 1. The number of nitrogens with zero attached hydrogens (tertiary/aromatic N) is 2. The monoisotopic (exact) mass is 364 g/mol. The summed E-state index contributed by atoms with van der Waals surface area (Å²) in [6, 6.07) is 8.63. The maximum atomic E-state index is 13.8. The lowest BCUT2D eigenvalue weighted by Gasteiger charge is -2.25. The van der Waals surface area contributed by atoms with Gasteiger partial charge in [0.1, 0.15) is 17.5 Å². The van der Waals surface area contributed by atoms with Crippen molar-refractivity contribution in [2.24, 2.45) is 5.92 Å². The number of aromatic amines is 1. The molecule has 0 amide bonds. The van der Waals surface area contributed by atoms with E-state index in [0.29, 0.717) is 23.3 Å². The van der Waals surface area contributed by atoms with Crippen LogP contribution in [0.4, 0.5) is 15.9 Å². The van der Waals surface area contributed by atoms with E-state index in [1.54, 1.807) is 12.3 Å². The first-order chi connectivity index (χ1) is 13.2. The van der Waals surface area contributed by atoms with E-state index < -0.39 is 0 Å². The zero-order valence-corrected chi connectivity index (χ0v) is 14.9. The number of hydrogen-bond donors (Lipinski definition) is 3. The summed E-state index contributed by atoms with van der Waals surface area (Å²) < 4.78 is 13.8. The lowest BCUT2D eigenvalue weighted by Crippen LogP contribution is -2.16. The molecule has 1 fully saturated rings. The summed E-state index contributed by atoms with van der Waals surface area (Å²) in [6.45, 7) is 0.269. The van der Waals surface area contributed by atoms with Crippen LogP contribution < -0.4 is 5.32 Å². The second kappa shape index (κ2) is 6.46. The first kappa shape index (κ1) is 16.4. The molecule has 1 saturated carbocycles. The molecule has 0 saturated heterocycles. The van der Waals surface area contributed by atoms with Crippen LogP contribution in [0.2, 0.25) is 0 Å². The van der Waals surface area contributed by atoms with Crippen molar-refractivity contribution in [1.29, 1.82) is 0 Å². The second-order valence-electron chi connectivity index (χ2n) is 7.46. The summed E-state index contributed by atoms with van der Waals surface area (Å²) in [4.78, 5) is 12.9. The highest BCUT2D eigenvalue weighted by Crippen LogP contribution is 2.44. The predicted molar refractivity (Wildman–Crippen MR) is 102 cm³/mol. The van der Waals surface area contributed by atoms with Crippen LogP contribution in [0, 0.1) is 11.7 Å². The highest BCUT2D eigenvalue weighted by Gasteiger charge is 2.28. The minimum absolute atomic E-state index is 0.269. The summed E-state index contributed by atoms with van der Waals surface area (Å²) in [7, 11) is 0. The van der Waals surface area contributed by atoms with Crippen LogP contribution in [0.5, 0.6) is 0 Å². The van der Waals surface area contributed by atoms with Crippen LogP contribution in [0.15, 0.2) is 36.5 Å². The average molecular weight is 364 g/mol. The van der Waals surface area contributed by atoms with Gasteiger partial charge in [-0.2, -0.15) is 0 Å². The van der Waals surface area contributed by atoms with E-state index in [-0.39, 0.29) is 12.4 Å². The van der Waals surface area contributed by atoms with Crippen LogP contribution in [0.3, 0.4) is 0 Å². The van der Waals surface area contributed by atoms with Gasteiger partial charge >= 0.3 is 0 Å². The fraction of sp³-hybridized carbons (Fsp3) is 0.333. The molecule has 5 rings (SSSR count). The molecule has 5 nitrogen and oxygen atoms in total. The Labute approximate surface area is 156 Å². The van der Waals surface area contributed by atoms with Crippen molar-refractivity contribution < 1.29 is 9.50 Å². The Morgan fingerprint density at radius 1 is 1.11 bits per heavy atom. The molecule has 1 aliphatic carbocycles. The molecule has 3 N–H and O–H groups in total. The first-order valence-corrected chi connectivity index (χ1v) is 9.46. The van der Waals surface area contributed by atoms with E-state index >= 15 is 0 Å². The van der Waals surface area contributed by atoms with Gasteiger partial charge in [-0.05, 0) is 61.9 Å². The van der Waals surface area contributed by atoms with Crippen molar-refractivity contribution in [3.05, 3.63) is 48.2 Å². The van der Waals surface area contributed by atoms with E-state index in [1.165, 1.54) is 12.1 Å². The van der Waals surface area contributed by atoms with Gasteiger partial charge in [-0.15, -0.1) is 0 Å². The molecular formula is C21H21FN4O. The summed E-state index contributed by atoms with van der Waals surface area (Å²) in [5, 5.41) is 12.6. The molecule has 3 heterocycles. The van der Waals surface area contributed by atoms with Crippen LogP contribution in [0.25, 0.3) is 22.5 Å². The van der Waals surface area contributed by atoms with Gasteiger partial charge in [0.25, 0.3) is 0 Å². The third-order valence-corrected chi connectivity index (χ3v) is 5.78. The van der Waals surface area contributed by atoms with Gasteiger partial charge in [0.15, 0.2) is 0 Å². The SMILES string of the molecule is OC[C@H]1CC[C@H](c2nc3c([nH]2)-c2cccnc2Nc2cc(F)ccc2-3)CC1. The lowest BCUT2D eigenvalue weighted by molar-refractivity contribution is 0.181. The minimum Gasteiger partial charge on any atom is -0.396 e. The Morgan fingerprint density at radius 2 is 1.96 bits per heavy atom. The summed E-state index contributed by atoms with van der Waals surface area (Å²) in [5.74, 6) is 2.15. The Hall–Kier alpha value is -2.73. The number of halogens is 1. The standard InChI is InChI=1S/C21H21FN4O/c22-14-7-8-15-17(10-14)24-21-16(2-1-9-23-21)19-18(15)25-20(26-19)13-5-3-12(11-27)4-6-13/h1-2,7-10,12-13,27H,3-6,11H2,(H,23,24)(H,25,26)/t12-,13-. The molecule has 27 heavy (non-hydrogen) atoms. The number of nitrogens with one attached hydrogen (secondary N) is 2. The van der Waals surface area contributed by atoms with Crippen molar-refractivity contribution in [2.45, 2.75) is 31.6 Å². The van der Waals surface area contributed by atoms with Gasteiger partial charge in [-0.1, -0.05) is 0 Å². The van der Waals surface area contributed by atoms with Gasteiger partial charge in [-0.3, -0.25) is 0 Å². The molecule has 138 valence electrons. The van der Waals surface area contributed by atoms with Crippen molar-refractivity contribution in [2.75, 3.05) is 11.9 Å². The molecule has 3 aromatic rings. The van der Waals surface area contributed by atoms with Gasteiger partial charge < -0.3 is 15.4 Å². The van der Waals surface area contributed by atoms with E-state index in [2.05, 4.69) is 15.3 Å². The van der Waals surface area contributed by atoms with E-state index in [4.69, 9.17) is 4.98 Å². The normalized spacial score (nSPS) is 20.8. The maximum absolute atomic E-state index is 13.8. The minimum atomic E-state index is -0.291. The lowest BCUT2D eigenvalue weighted by atomic mass is 9.82. The number of benzene rings is 1. The molecule has 2 aromatic heterocycles. The van der Waals surface area contributed by atoms with Crippen molar-refractivity contribution in [3.8, 4) is 22.5 Å². The molecule has 0 unspecified atom stereocenters. The molecule has 1 aliphatic heterocycles. The molecule has 0 radical (unpaired) electrons. The number of hydrogen-bond acceptors (Lipinski definition) is 4. The predicted octanol–water partition coefficient (Wildman–Crippen LogP) is 4.60. The van der Waals surface area contributed by atoms with Gasteiger partial charge in [-0.25, -0.2) is 14.4 Å². The van der Waals surface area contributed by atoms with Crippen LogP contribution in [0.1, 0.15) is 37.4 Å². The molecular weight excluding hydrogens is 343 g/mol. The Morgan fingerprint density at radius 3 is 2.78 bits per heavy atom. The Kier molecular flexibility index (Phi) is 3.93. The maximum Gasteiger partial charge on any atom is 0.139 e. The summed E-state index contributed by atoms with van der Waals surface area (Å²) in [6.07, 6.45) is 5.81. The van der Waals surface area contributed by atoms with Crippen LogP contribution >= 0.6 is 0 Å². The van der Waals surface area contributed by atoms with Crippen molar-refractivity contribution >= 4 is 11.5 Å². The quantitative estimate of drug-likeness (QED) is 0.486. The molecule has 2 aliphatic rings. The fourth-order valence-electron chi connectivity index (χ4n) is 4.25. The van der Waals surface area contributed by atoms with Gasteiger partial charge in [0.05, 0.1) is 17.1 Å². The van der Waals surface area contributed by atoms with Gasteiger partial charge in [0.2, 0.25) is 0 Å². The van der Waals surface area contributed by atoms with Crippen molar-refractivity contribution in [1.82, 2.24) is 15.0 Å². The second-order valence-corrected chi connectivity index (χ2v) is 7.46. The van der Waals surface area contributed by atoms with E-state index in [9.17, 15) is 9.50 Å². The summed E-state index contributed by atoms with van der Waals surface area (Å²) in [5.41, 5.74) is 4.25. The largest absolute Gasteiger partial charge is 0.396 e. The molecule has 1 aromatic carbocycles. The zero-order chi connectivity index (χ0) is 18.4. The number of aromatic nitrogens is 3. The Bertz CT molecular complexity index is 992.